The van der Waals surface area contributed by atoms with Gasteiger partial charge in [0.15, 0.2) is 0 Å². The number of aliphatic hydroxyl groups is 1. The number of hydrogen-bond donors (Lipinski definition) is 3. The molecule has 1 aromatic carbocycles. The van der Waals surface area contributed by atoms with Crippen LogP contribution in [0.3, 0.4) is 0 Å². The zero-order valence-corrected chi connectivity index (χ0v) is 11.0. The summed E-state index contributed by atoms with van der Waals surface area (Å²) in [5.41, 5.74) is 1.54. The molecule has 0 radical (unpaired) electrons. The summed E-state index contributed by atoms with van der Waals surface area (Å²) in [5, 5.41) is 13.2. The highest BCUT2D eigenvalue weighted by molar-refractivity contribution is 6.30. The van der Waals surface area contributed by atoms with Crippen LogP contribution < -0.4 is 10.9 Å². The number of H-pyrrole nitrogens is 1. The van der Waals surface area contributed by atoms with Crippen LogP contribution in [0.1, 0.15) is 5.56 Å². The van der Waals surface area contributed by atoms with E-state index in [1.165, 1.54) is 6.07 Å². The van der Waals surface area contributed by atoms with E-state index in [0.29, 0.717) is 17.1 Å². The summed E-state index contributed by atoms with van der Waals surface area (Å²) in [6.07, 6.45) is 2.20. The Hall–Kier alpha value is -1.78. The third kappa shape index (κ3) is 4.12. The number of aromatic amines is 1. The van der Waals surface area contributed by atoms with E-state index in [1.54, 1.807) is 12.3 Å². The second-order valence-corrected chi connectivity index (χ2v) is 4.74. The molecule has 5 heteroatoms. The van der Waals surface area contributed by atoms with Gasteiger partial charge >= 0.3 is 0 Å². The third-order valence-electron chi connectivity index (χ3n) is 2.74. The molecule has 0 spiro atoms. The fourth-order valence-electron chi connectivity index (χ4n) is 1.88. The van der Waals surface area contributed by atoms with E-state index in [-0.39, 0.29) is 18.2 Å². The van der Waals surface area contributed by atoms with Crippen LogP contribution in [0.25, 0.3) is 0 Å². The average molecular weight is 279 g/mol. The first-order valence-electron chi connectivity index (χ1n) is 5.98. The van der Waals surface area contributed by atoms with E-state index in [2.05, 4.69) is 10.3 Å². The van der Waals surface area contributed by atoms with Crippen LogP contribution in [-0.4, -0.2) is 22.7 Å². The van der Waals surface area contributed by atoms with Gasteiger partial charge in [-0.3, -0.25) is 4.79 Å². The first-order chi connectivity index (χ1) is 9.17. The molecule has 1 heterocycles. The molecule has 2 aromatic rings. The Morgan fingerprint density at radius 3 is 2.84 bits per heavy atom. The van der Waals surface area contributed by atoms with E-state index in [0.717, 1.165) is 5.56 Å². The maximum absolute atomic E-state index is 11.2. The third-order valence-corrected chi connectivity index (χ3v) is 2.97. The average Bonchev–Trinajstić information content (AvgIpc) is 2.38. The molecule has 3 N–H and O–H groups in total. The predicted octanol–water partition coefficient (Wildman–Crippen LogP) is 2.04. The molecule has 0 aliphatic heterocycles. The minimum Gasteiger partial charge on any atom is -0.394 e. The molecule has 0 amide bonds. The smallest absolute Gasteiger partial charge is 0.249 e. The molecule has 0 aliphatic rings. The number of nitrogens with one attached hydrogen (secondary N) is 2. The van der Waals surface area contributed by atoms with E-state index < -0.39 is 0 Å². The number of aromatic nitrogens is 1. The Kier molecular flexibility index (Phi) is 4.60. The van der Waals surface area contributed by atoms with Crippen molar-refractivity contribution in [2.75, 3.05) is 11.9 Å². The first kappa shape index (κ1) is 13.6. The van der Waals surface area contributed by atoms with Gasteiger partial charge in [-0.1, -0.05) is 23.7 Å². The highest BCUT2D eigenvalue weighted by Crippen LogP contribution is 2.14. The van der Waals surface area contributed by atoms with Crippen molar-refractivity contribution >= 4 is 17.3 Å². The lowest BCUT2D eigenvalue weighted by Crippen LogP contribution is -2.27. The molecule has 1 aromatic heterocycles. The Morgan fingerprint density at radius 2 is 2.16 bits per heavy atom. The summed E-state index contributed by atoms with van der Waals surface area (Å²) in [7, 11) is 0. The molecule has 19 heavy (non-hydrogen) atoms. The monoisotopic (exact) mass is 278 g/mol. The molecule has 100 valence electrons. The lowest BCUT2D eigenvalue weighted by molar-refractivity contribution is 0.273. The minimum absolute atomic E-state index is 0.0285. The second kappa shape index (κ2) is 6.41. The van der Waals surface area contributed by atoms with Gasteiger partial charge in [0.2, 0.25) is 5.56 Å². The molecule has 0 saturated heterocycles. The van der Waals surface area contributed by atoms with Gasteiger partial charge in [0, 0.05) is 23.0 Å². The zero-order chi connectivity index (χ0) is 13.7. The molecule has 0 saturated carbocycles. The maximum Gasteiger partial charge on any atom is 0.249 e. The van der Waals surface area contributed by atoms with Crippen molar-refractivity contribution in [1.82, 2.24) is 4.98 Å². The van der Waals surface area contributed by atoms with Gasteiger partial charge in [0.05, 0.1) is 12.6 Å². The number of pyridine rings is 1. The fraction of sp³-hybridized carbons (Fsp3) is 0.214. The maximum atomic E-state index is 11.2. The van der Waals surface area contributed by atoms with E-state index in [1.807, 2.05) is 24.3 Å². The van der Waals surface area contributed by atoms with E-state index in [4.69, 9.17) is 11.6 Å². The lowest BCUT2D eigenvalue weighted by Gasteiger charge is -2.17. The van der Waals surface area contributed by atoms with Crippen molar-refractivity contribution in [3.05, 3.63) is 63.5 Å². The molecule has 4 nitrogen and oxygen atoms in total. The summed E-state index contributed by atoms with van der Waals surface area (Å²) < 4.78 is 0. The highest BCUT2D eigenvalue weighted by Gasteiger charge is 2.09. The first-order valence-corrected chi connectivity index (χ1v) is 6.36. The van der Waals surface area contributed by atoms with Gasteiger partial charge in [-0.05, 0) is 30.2 Å². The number of rotatable bonds is 5. The number of halogens is 1. The summed E-state index contributed by atoms with van der Waals surface area (Å²) in [4.78, 5) is 13.7. The Balaban J connectivity index is 2.06. The molecule has 1 unspecified atom stereocenters. The topological polar surface area (TPSA) is 65.1 Å². The Morgan fingerprint density at radius 1 is 1.32 bits per heavy atom. The SMILES string of the molecule is O=c1cc(NC(CO)Cc2cccc(Cl)c2)cc[nH]1. The minimum atomic E-state index is -0.176. The van der Waals surface area contributed by atoms with E-state index >= 15 is 0 Å². The second-order valence-electron chi connectivity index (χ2n) is 4.30. The van der Waals surface area contributed by atoms with Crippen molar-refractivity contribution in [3.63, 3.8) is 0 Å². The molecular weight excluding hydrogens is 264 g/mol. The number of anilines is 1. The van der Waals surface area contributed by atoms with Gasteiger partial charge in [-0.2, -0.15) is 0 Å². The van der Waals surface area contributed by atoms with Crippen LogP contribution in [0.5, 0.6) is 0 Å². The summed E-state index contributed by atoms with van der Waals surface area (Å²) >= 11 is 5.92. The molecular formula is C14H15ClN2O2. The predicted molar refractivity (Wildman–Crippen MR) is 76.7 cm³/mol. The molecule has 0 bridgehead atoms. The van der Waals surface area contributed by atoms with Crippen molar-refractivity contribution in [3.8, 4) is 0 Å². The highest BCUT2D eigenvalue weighted by atomic mass is 35.5. The molecule has 0 aliphatic carbocycles. The molecule has 0 fully saturated rings. The van der Waals surface area contributed by atoms with Gasteiger partial charge in [0.25, 0.3) is 0 Å². The quantitative estimate of drug-likeness (QED) is 0.784. The van der Waals surface area contributed by atoms with E-state index in [9.17, 15) is 9.90 Å². The largest absolute Gasteiger partial charge is 0.394 e. The Labute approximate surface area is 116 Å². The van der Waals surface area contributed by atoms with Crippen molar-refractivity contribution in [2.45, 2.75) is 12.5 Å². The van der Waals surface area contributed by atoms with Crippen molar-refractivity contribution in [1.29, 1.82) is 0 Å². The molecule has 2 rings (SSSR count). The number of aliphatic hydroxyl groups excluding tert-OH is 1. The summed E-state index contributed by atoms with van der Waals surface area (Å²) in [6, 6.07) is 10.5. The van der Waals surface area contributed by atoms with Crippen LogP contribution in [0.2, 0.25) is 5.02 Å². The lowest BCUT2D eigenvalue weighted by atomic mass is 10.1. The van der Waals surface area contributed by atoms with Gasteiger partial charge in [0.1, 0.15) is 0 Å². The van der Waals surface area contributed by atoms with Gasteiger partial charge in [-0.25, -0.2) is 0 Å². The van der Waals surface area contributed by atoms with Gasteiger partial charge < -0.3 is 15.4 Å². The van der Waals surface area contributed by atoms with Crippen LogP contribution in [0.4, 0.5) is 5.69 Å². The fourth-order valence-corrected chi connectivity index (χ4v) is 2.09. The molecule has 1 atom stereocenters. The Bertz CT molecular complexity index is 598. The van der Waals surface area contributed by atoms with Crippen molar-refractivity contribution in [2.24, 2.45) is 0 Å². The van der Waals surface area contributed by atoms with Crippen LogP contribution in [-0.2, 0) is 6.42 Å². The zero-order valence-electron chi connectivity index (χ0n) is 10.3. The van der Waals surface area contributed by atoms with Crippen molar-refractivity contribution < 1.29 is 5.11 Å². The van der Waals surface area contributed by atoms with Crippen LogP contribution >= 0.6 is 11.6 Å². The number of hydrogen-bond acceptors (Lipinski definition) is 3. The summed E-state index contributed by atoms with van der Waals surface area (Å²) in [5.74, 6) is 0. The number of benzene rings is 1. The van der Waals surface area contributed by atoms with Crippen LogP contribution in [0.15, 0.2) is 47.4 Å². The summed E-state index contributed by atoms with van der Waals surface area (Å²) in [6.45, 7) is -0.0285. The standard InChI is InChI=1S/C14H15ClN2O2/c15-11-3-1-2-10(6-11)7-13(9-18)17-12-4-5-16-14(19)8-12/h1-6,8,13,18H,7,9H2,(H2,16,17,19). The van der Waals surface area contributed by atoms with Crippen LogP contribution in [0, 0.1) is 0 Å². The van der Waals surface area contributed by atoms with Gasteiger partial charge in [-0.15, -0.1) is 0 Å². The normalized spacial score (nSPS) is 12.1.